The number of carbonyl (C=O) groups is 2. The van der Waals surface area contributed by atoms with Gasteiger partial charge in [-0.15, -0.1) is 6.42 Å². The number of nitrogens with zero attached hydrogens (tertiary/aromatic N) is 1. The Morgan fingerprint density at radius 1 is 1.56 bits per heavy atom. The summed E-state index contributed by atoms with van der Waals surface area (Å²) in [7, 11) is 0. The molecule has 0 unspecified atom stereocenters. The first kappa shape index (κ1) is 12.1. The fourth-order valence-electron chi connectivity index (χ4n) is 1.72. The lowest BCUT2D eigenvalue weighted by Crippen LogP contribution is -2.09. The first-order valence-electron chi connectivity index (χ1n) is 4.93. The Morgan fingerprint density at radius 2 is 2.19 bits per heavy atom. The van der Waals surface area contributed by atoms with Crippen LogP contribution >= 0.6 is 0 Å². The summed E-state index contributed by atoms with van der Waals surface area (Å²) in [5.41, 5.74) is 1.10. The Hall–Kier alpha value is -2.02. The molecule has 84 valence electrons. The van der Waals surface area contributed by atoms with Crippen LogP contribution in [0, 0.1) is 12.3 Å². The maximum atomic E-state index is 11.4. The summed E-state index contributed by atoms with van der Waals surface area (Å²) in [5.74, 6) is 1.21. The SMILES string of the molecule is C#CCn1c(C(C)=O)cc(C(=O)O)c1CC. The molecule has 0 saturated heterocycles. The van der Waals surface area contributed by atoms with Gasteiger partial charge in [0.2, 0.25) is 0 Å². The number of carboxylic acid groups (broad SMARTS) is 1. The third-order valence-electron chi connectivity index (χ3n) is 2.38. The predicted molar refractivity (Wildman–Crippen MR) is 59.6 cm³/mol. The van der Waals surface area contributed by atoms with Crippen molar-refractivity contribution in [1.82, 2.24) is 4.57 Å². The summed E-state index contributed by atoms with van der Waals surface area (Å²) in [6.45, 7) is 3.44. The van der Waals surface area contributed by atoms with Gasteiger partial charge in [0.25, 0.3) is 0 Å². The zero-order valence-electron chi connectivity index (χ0n) is 9.28. The molecule has 0 aliphatic carbocycles. The Bertz CT molecular complexity index is 477. The van der Waals surface area contributed by atoms with Crippen molar-refractivity contribution < 1.29 is 14.7 Å². The molecule has 1 N–H and O–H groups in total. The average molecular weight is 219 g/mol. The molecule has 0 atom stereocenters. The van der Waals surface area contributed by atoms with Gasteiger partial charge in [0.05, 0.1) is 17.8 Å². The zero-order chi connectivity index (χ0) is 12.3. The standard InChI is InChI=1S/C12H13NO3/c1-4-6-13-10(5-2)9(12(15)16)7-11(13)8(3)14/h1,7H,5-6H2,2-3H3,(H,15,16). The van der Waals surface area contributed by atoms with Crippen molar-refractivity contribution in [3.05, 3.63) is 23.0 Å². The quantitative estimate of drug-likeness (QED) is 0.618. The smallest absolute Gasteiger partial charge is 0.337 e. The number of carbonyl (C=O) groups excluding carboxylic acids is 1. The van der Waals surface area contributed by atoms with Gasteiger partial charge in [0.15, 0.2) is 5.78 Å². The lowest BCUT2D eigenvalue weighted by Gasteiger charge is -2.07. The maximum Gasteiger partial charge on any atom is 0.337 e. The second-order valence-electron chi connectivity index (χ2n) is 3.40. The van der Waals surface area contributed by atoms with Crippen molar-refractivity contribution in [2.75, 3.05) is 0 Å². The first-order valence-corrected chi connectivity index (χ1v) is 4.93. The van der Waals surface area contributed by atoms with Crippen molar-refractivity contribution in [3.63, 3.8) is 0 Å². The lowest BCUT2D eigenvalue weighted by atomic mass is 10.2. The van der Waals surface area contributed by atoms with Crippen LogP contribution in [0.3, 0.4) is 0 Å². The largest absolute Gasteiger partial charge is 0.478 e. The molecule has 16 heavy (non-hydrogen) atoms. The monoisotopic (exact) mass is 219 g/mol. The second-order valence-corrected chi connectivity index (χ2v) is 3.40. The van der Waals surface area contributed by atoms with Gasteiger partial charge >= 0.3 is 5.97 Å². The lowest BCUT2D eigenvalue weighted by molar-refractivity contribution is 0.0695. The summed E-state index contributed by atoms with van der Waals surface area (Å²) in [4.78, 5) is 22.4. The molecule has 1 heterocycles. The normalized spacial score (nSPS) is 9.81. The molecular formula is C12H13NO3. The highest BCUT2D eigenvalue weighted by molar-refractivity contribution is 5.97. The van der Waals surface area contributed by atoms with E-state index in [1.165, 1.54) is 13.0 Å². The highest BCUT2D eigenvalue weighted by Gasteiger charge is 2.19. The fourth-order valence-corrected chi connectivity index (χ4v) is 1.72. The third kappa shape index (κ3) is 1.98. The third-order valence-corrected chi connectivity index (χ3v) is 2.38. The Morgan fingerprint density at radius 3 is 2.56 bits per heavy atom. The number of Topliss-reactive ketones (excluding diaryl/α,β-unsaturated/α-hetero) is 1. The molecule has 0 aromatic carbocycles. The van der Waals surface area contributed by atoms with E-state index in [2.05, 4.69) is 5.92 Å². The molecule has 4 heteroatoms. The molecule has 0 spiro atoms. The topological polar surface area (TPSA) is 59.3 Å². The van der Waals surface area contributed by atoms with Gasteiger partial charge in [0, 0.05) is 12.6 Å². The number of rotatable bonds is 4. The molecule has 0 amide bonds. The van der Waals surface area contributed by atoms with Gasteiger partial charge in [-0.1, -0.05) is 12.8 Å². The molecule has 1 aromatic heterocycles. The summed E-state index contributed by atoms with van der Waals surface area (Å²) < 4.78 is 1.59. The first-order chi connectivity index (χ1) is 7.52. The molecule has 0 saturated carbocycles. The van der Waals surface area contributed by atoms with Gasteiger partial charge in [-0.2, -0.15) is 0 Å². The predicted octanol–water partition coefficient (Wildman–Crippen LogP) is 1.58. The van der Waals surface area contributed by atoms with Crippen LogP contribution in [0.2, 0.25) is 0 Å². The van der Waals surface area contributed by atoms with E-state index in [4.69, 9.17) is 11.5 Å². The van der Waals surface area contributed by atoms with E-state index in [1.54, 1.807) is 4.57 Å². The van der Waals surface area contributed by atoms with E-state index < -0.39 is 5.97 Å². The molecule has 0 aliphatic heterocycles. The van der Waals surface area contributed by atoms with Crippen molar-refractivity contribution >= 4 is 11.8 Å². The van der Waals surface area contributed by atoms with Crippen LogP contribution in [0.25, 0.3) is 0 Å². The molecule has 1 aromatic rings. The second kappa shape index (κ2) is 4.67. The minimum Gasteiger partial charge on any atom is -0.478 e. The summed E-state index contributed by atoms with van der Waals surface area (Å²) >= 11 is 0. The van der Waals surface area contributed by atoms with Crippen molar-refractivity contribution in [2.45, 2.75) is 26.8 Å². The minimum atomic E-state index is -1.03. The molecule has 4 nitrogen and oxygen atoms in total. The Balaban J connectivity index is 3.46. The number of carboxylic acids is 1. The van der Waals surface area contributed by atoms with Gasteiger partial charge < -0.3 is 9.67 Å². The number of aromatic nitrogens is 1. The van der Waals surface area contributed by atoms with Crippen molar-refractivity contribution in [3.8, 4) is 12.3 Å². The van der Waals surface area contributed by atoms with Crippen LogP contribution in [0.4, 0.5) is 0 Å². The summed E-state index contributed by atoms with van der Waals surface area (Å²) in [5, 5.41) is 9.01. The summed E-state index contributed by atoms with van der Waals surface area (Å²) in [6.07, 6.45) is 5.73. The van der Waals surface area contributed by atoms with E-state index in [0.717, 1.165) is 0 Å². The molecule has 0 bridgehead atoms. The highest BCUT2D eigenvalue weighted by Crippen LogP contribution is 2.17. The van der Waals surface area contributed by atoms with Crippen molar-refractivity contribution in [1.29, 1.82) is 0 Å². The van der Waals surface area contributed by atoms with E-state index in [0.29, 0.717) is 17.8 Å². The van der Waals surface area contributed by atoms with E-state index in [9.17, 15) is 9.59 Å². The average Bonchev–Trinajstić information content (AvgIpc) is 2.57. The Kier molecular flexibility index (Phi) is 3.51. The highest BCUT2D eigenvalue weighted by atomic mass is 16.4. The number of aromatic carboxylic acids is 1. The number of ketones is 1. The number of hydrogen-bond donors (Lipinski definition) is 1. The van der Waals surface area contributed by atoms with Crippen LogP contribution in [-0.4, -0.2) is 21.4 Å². The van der Waals surface area contributed by atoms with Gasteiger partial charge in [-0.25, -0.2) is 4.79 Å². The molecular weight excluding hydrogens is 206 g/mol. The molecule has 0 fully saturated rings. The van der Waals surface area contributed by atoms with Gasteiger partial charge in [-0.3, -0.25) is 4.79 Å². The molecule has 0 radical (unpaired) electrons. The van der Waals surface area contributed by atoms with Gasteiger partial charge in [-0.05, 0) is 12.5 Å². The summed E-state index contributed by atoms with van der Waals surface area (Å²) in [6, 6.07) is 1.39. The number of terminal acetylenes is 1. The van der Waals surface area contributed by atoms with Crippen LogP contribution in [0.15, 0.2) is 6.07 Å². The van der Waals surface area contributed by atoms with Crippen LogP contribution in [0.1, 0.15) is 40.4 Å². The van der Waals surface area contributed by atoms with Crippen molar-refractivity contribution in [2.24, 2.45) is 0 Å². The van der Waals surface area contributed by atoms with Crippen LogP contribution in [-0.2, 0) is 13.0 Å². The van der Waals surface area contributed by atoms with E-state index >= 15 is 0 Å². The zero-order valence-corrected chi connectivity index (χ0v) is 9.28. The van der Waals surface area contributed by atoms with E-state index in [1.807, 2.05) is 6.92 Å². The van der Waals surface area contributed by atoms with Gasteiger partial charge in [0.1, 0.15) is 0 Å². The fraction of sp³-hybridized carbons (Fsp3) is 0.333. The Labute approximate surface area is 93.9 Å². The molecule has 1 rings (SSSR count). The number of hydrogen-bond acceptors (Lipinski definition) is 2. The van der Waals surface area contributed by atoms with Crippen LogP contribution in [0.5, 0.6) is 0 Å². The molecule has 0 aliphatic rings. The van der Waals surface area contributed by atoms with E-state index in [-0.39, 0.29) is 17.9 Å². The van der Waals surface area contributed by atoms with Crippen LogP contribution < -0.4 is 0 Å². The maximum absolute atomic E-state index is 11.4. The minimum absolute atomic E-state index is 0.156.